The molecule has 5 atom stereocenters. The van der Waals surface area contributed by atoms with Crippen molar-refractivity contribution >= 4 is 39.5 Å². The predicted molar refractivity (Wildman–Crippen MR) is 335 cm³/mol. The second kappa shape index (κ2) is 56.3. The minimum atomic E-state index is -4.95. The summed E-state index contributed by atoms with van der Waals surface area (Å²) < 4.78 is 68.0. The van der Waals surface area contributed by atoms with Crippen LogP contribution in [0.3, 0.4) is 0 Å². The van der Waals surface area contributed by atoms with Gasteiger partial charge in [-0.15, -0.1) is 0 Å². The first-order valence-electron chi connectivity index (χ1n) is 33.8. The Morgan fingerprint density at radius 1 is 0.321 bits per heavy atom. The van der Waals surface area contributed by atoms with Gasteiger partial charge < -0.3 is 33.8 Å². The number of phosphoric ester groups is 2. The van der Waals surface area contributed by atoms with E-state index in [0.29, 0.717) is 43.4 Å². The number of unbranched alkanes of at least 4 members (excludes halogenated alkanes) is 31. The van der Waals surface area contributed by atoms with E-state index in [1.54, 1.807) is 0 Å². The number of aliphatic hydroxyl groups excluding tert-OH is 1. The molecule has 0 rings (SSSR count). The molecule has 0 fully saturated rings. The van der Waals surface area contributed by atoms with Gasteiger partial charge in [0.15, 0.2) is 12.2 Å². The monoisotopic (exact) mass is 1240 g/mol. The van der Waals surface area contributed by atoms with E-state index >= 15 is 0 Å². The molecule has 0 spiro atoms. The molecule has 0 aromatic carbocycles. The Balaban J connectivity index is 5.24. The van der Waals surface area contributed by atoms with Gasteiger partial charge in [0, 0.05) is 25.7 Å². The van der Waals surface area contributed by atoms with E-state index in [4.69, 9.17) is 37.0 Å². The fraction of sp³-hybridized carbons (Fsp3) is 0.938. The Labute approximate surface area is 511 Å². The van der Waals surface area contributed by atoms with Crippen molar-refractivity contribution in [2.75, 3.05) is 39.6 Å². The van der Waals surface area contributed by atoms with E-state index in [0.717, 1.165) is 103 Å². The fourth-order valence-electron chi connectivity index (χ4n) is 9.66. The number of carbonyl (C=O) groups is 4. The molecule has 0 aliphatic heterocycles. The van der Waals surface area contributed by atoms with Crippen LogP contribution in [0, 0.1) is 17.8 Å². The lowest BCUT2D eigenvalue weighted by Gasteiger charge is -2.21. The van der Waals surface area contributed by atoms with Gasteiger partial charge in [-0.05, 0) is 43.4 Å². The van der Waals surface area contributed by atoms with Crippen LogP contribution in [0.15, 0.2) is 0 Å². The van der Waals surface area contributed by atoms with Crippen molar-refractivity contribution in [3.05, 3.63) is 0 Å². The van der Waals surface area contributed by atoms with E-state index in [1.165, 1.54) is 116 Å². The second-order valence-electron chi connectivity index (χ2n) is 24.9. The molecule has 19 heteroatoms. The first kappa shape index (κ1) is 82.1. The van der Waals surface area contributed by atoms with Crippen molar-refractivity contribution in [1.29, 1.82) is 0 Å². The summed E-state index contributed by atoms with van der Waals surface area (Å²) in [6, 6.07) is 0. The molecule has 0 radical (unpaired) electrons. The number of ether oxygens (including phenoxy) is 4. The highest BCUT2D eigenvalue weighted by atomic mass is 31.2. The zero-order chi connectivity index (χ0) is 62.4. The fourth-order valence-corrected chi connectivity index (χ4v) is 11.2. The molecule has 3 N–H and O–H groups in total. The van der Waals surface area contributed by atoms with Crippen molar-refractivity contribution < 1.29 is 80.2 Å². The molecule has 17 nitrogen and oxygen atoms in total. The van der Waals surface area contributed by atoms with E-state index < -0.39 is 97.5 Å². The van der Waals surface area contributed by atoms with Gasteiger partial charge in [0.2, 0.25) is 0 Å². The quantitative estimate of drug-likeness (QED) is 0.0222. The molecule has 0 bridgehead atoms. The molecule has 0 aliphatic rings. The molecule has 0 saturated carbocycles. The molecule has 0 aliphatic carbocycles. The normalized spacial score (nSPS) is 14.3. The molecule has 0 heterocycles. The Kier molecular flexibility index (Phi) is 55.0. The molecular formula is C65H126O17P2. The highest BCUT2D eigenvalue weighted by Gasteiger charge is 2.30. The van der Waals surface area contributed by atoms with Gasteiger partial charge in [0.1, 0.15) is 19.3 Å². The highest BCUT2D eigenvalue weighted by molar-refractivity contribution is 7.47. The van der Waals surface area contributed by atoms with Gasteiger partial charge in [-0.25, -0.2) is 9.13 Å². The average molecular weight is 1240 g/mol. The summed E-state index contributed by atoms with van der Waals surface area (Å²) in [5, 5.41) is 10.5. The number of hydrogen-bond donors (Lipinski definition) is 3. The molecule has 0 aromatic rings. The van der Waals surface area contributed by atoms with E-state index in [1.807, 2.05) is 0 Å². The van der Waals surface area contributed by atoms with Gasteiger partial charge >= 0.3 is 39.5 Å². The summed E-state index contributed by atoms with van der Waals surface area (Å²) in [5.74, 6) is -0.0308. The van der Waals surface area contributed by atoms with Crippen molar-refractivity contribution in [1.82, 2.24) is 0 Å². The summed E-state index contributed by atoms with van der Waals surface area (Å²) in [5.41, 5.74) is 0. The Hall–Kier alpha value is -1.94. The first-order valence-corrected chi connectivity index (χ1v) is 36.8. The van der Waals surface area contributed by atoms with Crippen LogP contribution in [-0.2, 0) is 65.4 Å². The van der Waals surface area contributed by atoms with Crippen LogP contribution in [0.2, 0.25) is 0 Å². The topological polar surface area (TPSA) is 237 Å². The smallest absolute Gasteiger partial charge is 0.462 e. The molecule has 84 heavy (non-hydrogen) atoms. The van der Waals surface area contributed by atoms with Crippen LogP contribution in [0.25, 0.3) is 0 Å². The lowest BCUT2D eigenvalue weighted by molar-refractivity contribution is -0.161. The molecular weight excluding hydrogens is 1110 g/mol. The number of carbonyl (C=O) groups excluding carboxylic acids is 4. The van der Waals surface area contributed by atoms with Gasteiger partial charge in [-0.2, -0.15) is 0 Å². The summed E-state index contributed by atoms with van der Waals surface area (Å²) in [6.07, 6.45) is 37.8. The maximum absolute atomic E-state index is 13.0. The van der Waals surface area contributed by atoms with Crippen molar-refractivity contribution in [3.63, 3.8) is 0 Å². The van der Waals surface area contributed by atoms with Gasteiger partial charge in [0.25, 0.3) is 0 Å². The number of hydrogen-bond acceptors (Lipinski definition) is 15. The molecule has 0 amide bonds. The molecule has 2 unspecified atom stereocenters. The van der Waals surface area contributed by atoms with Crippen LogP contribution in [0.4, 0.5) is 0 Å². The first-order chi connectivity index (χ1) is 40.2. The maximum atomic E-state index is 13.0. The molecule has 0 saturated heterocycles. The third-order valence-electron chi connectivity index (χ3n) is 14.9. The SMILES string of the molecule is CCCCCCCCCCCCCCCCC(=O)O[C@H](COC(=O)CCCCCCCCCC(C)C)COP(=O)(O)OC[C@@H](O)COP(=O)(O)OC[C@@H](COC(=O)CCCCCCCCCC(C)C)OC(=O)CCCCCCCCCC(C)C. The predicted octanol–water partition coefficient (Wildman–Crippen LogP) is 17.9. The Morgan fingerprint density at radius 2 is 0.548 bits per heavy atom. The van der Waals surface area contributed by atoms with E-state index in [-0.39, 0.29) is 25.7 Å². The van der Waals surface area contributed by atoms with Gasteiger partial charge in [-0.1, -0.05) is 267 Å². The zero-order valence-corrected chi connectivity index (χ0v) is 56.1. The average Bonchev–Trinajstić information content (AvgIpc) is 3.45. The van der Waals surface area contributed by atoms with E-state index in [2.05, 4.69) is 48.5 Å². The standard InChI is InChI=1S/C65H126O17P2/c1-8-9-10-11-12-13-14-15-16-17-18-25-34-41-48-64(69)81-60(52-75-62(67)46-39-32-26-19-22-29-36-43-56(2)3)54-79-83(71,72)77-50-59(66)51-78-84(73,74)80-55-61(82-65(70)49-42-35-28-21-24-31-38-45-58(6)7)53-76-63(68)47-40-33-27-20-23-30-37-44-57(4)5/h56-61,66H,8-55H2,1-7H3,(H,71,72)(H,73,74)/t59-,60-,61-/m1/s1. The minimum Gasteiger partial charge on any atom is -0.462 e. The van der Waals surface area contributed by atoms with Crippen LogP contribution in [0.1, 0.15) is 318 Å². The largest absolute Gasteiger partial charge is 0.472 e. The maximum Gasteiger partial charge on any atom is 0.472 e. The van der Waals surface area contributed by atoms with Crippen molar-refractivity contribution in [2.45, 2.75) is 336 Å². The van der Waals surface area contributed by atoms with Crippen molar-refractivity contribution in [2.24, 2.45) is 17.8 Å². The second-order valence-corrected chi connectivity index (χ2v) is 27.8. The molecule has 0 aromatic heterocycles. The number of esters is 4. The van der Waals surface area contributed by atoms with Crippen LogP contribution >= 0.6 is 15.6 Å². The lowest BCUT2D eigenvalue weighted by atomic mass is 10.0. The third-order valence-corrected chi connectivity index (χ3v) is 16.8. The zero-order valence-electron chi connectivity index (χ0n) is 54.4. The number of phosphoric acid groups is 2. The lowest BCUT2D eigenvalue weighted by Crippen LogP contribution is -2.30. The Bertz CT molecular complexity index is 1660. The number of rotatable bonds is 63. The van der Waals surface area contributed by atoms with E-state index in [9.17, 15) is 43.2 Å². The van der Waals surface area contributed by atoms with Crippen LogP contribution < -0.4 is 0 Å². The Morgan fingerprint density at radius 3 is 0.810 bits per heavy atom. The summed E-state index contributed by atoms with van der Waals surface area (Å²) >= 11 is 0. The van der Waals surface area contributed by atoms with Crippen molar-refractivity contribution in [3.8, 4) is 0 Å². The minimum absolute atomic E-state index is 0.102. The van der Waals surface area contributed by atoms with Crippen LogP contribution in [-0.4, -0.2) is 96.7 Å². The summed E-state index contributed by atoms with van der Waals surface area (Å²) in [4.78, 5) is 72.2. The van der Waals surface area contributed by atoms with Gasteiger partial charge in [-0.3, -0.25) is 37.3 Å². The third kappa shape index (κ3) is 59.0. The number of aliphatic hydroxyl groups is 1. The molecule has 498 valence electrons. The van der Waals surface area contributed by atoms with Gasteiger partial charge in [0.05, 0.1) is 26.4 Å². The van der Waals surface area contributed by atoms with Crippen LogP contribution in [0.5, 0.6) is 0 Å². The summed E-state index contributed by atoms with van der Waals surface area (Å²) in [7, 11) is -9.89. The highest BCUT2D eigenvalue weighted by Crippen LogP contribution is 2.45. The summed E-state index contributed by atoms with van der Waals surface area (Å²) in [6.45, 7) is 11.6.